The molecular weight excluding hydrogens is 578 g/mol. The molecule has 0 spiro atoms. The van der Waals surface area contributed by atoms with Gasteiger partial charge in [0.25, 0.3) is 0 Å². The van der Waals surface area contributed by atoms with Crippen LogP contribution in [-0.4, -0.2) is 50.5 Å². The van der Waals surface area contributed by atoms with Gasteiger partial charge in [0.05, 0.1) is 17.5 Å². The number of halogens is 5. The second-order valence-electron chi connectivity index (χ2n) is 9.56. The highest BCUT2D eigenvalue weighted by Crippen LogP contribution is 2.32. The van der Waals surface area contributed by atoms with Gasteiger partial charge in [0.2, 0.25) is 21.8 Å². The van der Waals surface area contributed by atoms with Crippen molar-refractivity contribution in [3.63, 3.8) is 0 Å². The quantitative estimate of drug-likeness (QED) is 0.332. The van der Waals surface area contributed by atoms with E-state index >= 15 is 0 Å². The van der Waals surface area contributed by atoms with Gasteiger partial charge in [-0.25, -0.2) is 8.42 Å². The van der Waals surface area contributed by atoms with Crippen molar-refractivity contribution in [3.05, 3.63) is 63.6 Å². The third-order valence-electron chi connectivity index (χ3n) is 5.82. The summed E-state index contributed by atoms with van der Waals surface area (Å²) < 4.78 is 65.2. The van der Waals surface area contributed by atoms with E-state index in [1.807, 2.05) is 13.8 Å². The second kappa shape index (κ2) is 13.7. The first-order valence-corrected chi connectivity index (χ1v) is 14.8. The van der Waals surface area contributed by atoms with Crippen molar-refractivity contribution < 1.29 is 31.2 Å². The molecule has 7 nitrogen and oxygen atoms in total. The molecule has 13 heteroatoms. The number of amides is 2. The molecule has 1 atom stereocenters. The third-order valence-corrected chi connectivity index (χ3v) is 7.60. The van der Waals surface area contributed by atoms with Crippen LogP contribution in [0.3, 0.4) is 0 Å². The number of hydrogen-bond donors (Lipinski definition) is 1. The third kappa shape index (κ3) is 9.88. The molecular formula is C26H32Cl2F3N3O4S. The minimum Gasteiger partial charge on any atom is -0.354 e. The number of sulfonamides is 1. The molecule has 1 unspecified atom stereocenters. The molecule has 2 amide bonds. The zero-order valence-corrected chi connectivity index (χ0v) is 24.4. The van der Waals surface area contributed by atoms with Crippen molar-refractivity contribution >= 4 is 50.7 Å². The smallest absolute Gasteiger partial charge is 0.354 e. The van der Waals surface area contributed by atoms with E-state index in [9.17, 15) is 31.2 Å². The Balaban J connectivity index is 2.24. The van der Waals surface area contributed by atoms with Gasteiger partial charge in [-0.3, -0.25) is 13.9 Å². The van der Waals surface area contributed by atoms with E-state index in [1.165, 1.54) is 17.0 Å². The number of hydrogen-bond acceptors (Lipinski definition) is 4. The van der Waals surface area contributed by atoms with E-state index in [4.69, 9.17) is 23.2 Å². The molecule has 0 fully saturated rings. The average Bonchev–Trinajstić information content (AvgIpc) is 2.83. The number of nitrogens with one attached hydrogen (secondary N) is 1. The lowest BCUT2D eigenvalue weighted by Gasteiger charge is -2.30. The Morgan fingerprint density at radius 2 is 1.72 bits per heavy atom. The zero-order valence-electron chi connectivity index (χ0n) is 22.1. The van der Waals surface area contributed by atoms with Crippen LogP contribution < -0.4 is 9.62 Å². The number of anilines is 1. The predicted molar refractivity (Wildman–Crippen MR) is 147 cm³/mol. The Hall–Kier alpha value is -2.50. The first kappa shape index (κ1) is 32.7. The van der Waals surface area contributed by atoms with Crippen LogP contribution in [0.5, 0.6) is 0 Å². The van der Waals surface area contributed by atoms with Gasteiger partial charge in [-0.1, -0.05) is 49.2 Å². The Kier molecular flexibility index (Phi) is 11.5. The topological polar surface area (TPSA) is 86.8 Å². The van der Waals surface area contributed by atoms with Gasteiger partial charge in [0.1, 0.15) is 6.04 Å². The van der Waals surface area contributed by atoms with Crippen LogP contribution in [-0.2, 0) is 32.3 Å². The summed E-state index contributed by atoms with van der Waals surface area (Å²) in [4.78, 5) is 27.5. The minimum atomic E-state index is -4.65. The lowest BCUT2D eigenvalue weighted by atomic mass is 10.1. The highest BCUT2D eigenvalue weighted by molar-refractivity contribution is 7.92. The summed E-state index contributed by atoms with van der Waals surface area (Å²) in [5, 5.41) is 3.50. The van der Waals surface area contributed by atoms with Gasteiger partial charge in [-0.15, -0.1) is 0 Å². The molecule has 0 aliphatic heterocycles. The summed E-state index contributed by atoms with van der Waals surface area (Å²) >= 11 is 12.3. The van der Waals surface area contributed by atoms with Crippen molar-refractivity contribution in [3.8, 4) is 0 Å². The molecule has 1 N–H and O–H groups in total. The summed E-state index contributed by atoms with van der Waals surface area (Å²) in [7, 11) is -3.95. The van der Waals surface area contributed by atoms with Gasteiger partial charge in [-0.2, -0.15) is 13.2 Å². The van der Waals surface area contributed by atoms with Crippen LogP contribution in [0.25, 0.3) is 0 Å². The van der Waals surface area contributed by atoms with E-state index in [-0.39, 0.29) is 43.4 Å². The lowest BCUT2D eigenvalue weighted by Crippen LogP contribution is -2.48. The molecule has 0 saturated heterocycles. The molecule has 39 heavy (non-hydrogen) atoms. The van der Waals surface area contributed by atoms with Crippen molar-refractivity contribution in [2.24, 2.45) is 5.92 Å². The predicted octanol–water partition coefficient (Wildman–Crippen LogP) is 5.75. The Morgan fingerprint density at radius 1 is 1.05 bits per heavy atom. The summed E-state index contributed by atoms with van der Waals surface area (Å²) in [6, 6.07) is 7.86. The summed E-state index contributed by atoms with van der Waals surface area (Å²) in [6.45, 7) is 5.60. The summed E-state index contributed by atoms with van der Waals surface area (Å²) in [5.74, 6) is -0.636. The molecule has 0 saturated carbocycles. The van der Waals surface area contributed by atoms with Crippen LogP contribution in [0.2, 0.25) is 10.0 Å². The molecule has 2 aromatic carbocycles. The molecule has 0 aliphatic carbocycles. The summed E-state index contributed by atoms with van der Waals surface area (Å²) in [5.41, 5.74) is -0.595. The van der Waals surface area contributed by atoms with Crippen molar-refractivity contribution in [1.82, 2.24) is 10.2 Å². The average molecular weight is 611 g/mol. The van der Waals surface area contributed by atoms with Crippen molar-refractivity contribution in [2.75, 3.05) is 23.7 Å². The fourth-order valence-electron chi connectivity index (χ4n) is 3.71. The van der Waals surface area contributed by atoms with Gasteiger partial charge in [-0.05, 0) is 55.2 Å². The van der Waals surface area contributed by atoms with Gasteiger partial charge < -0.3 is 10.2 Å². The molecule has 2 rings (SSSR count). The van der Waals surface area contributed by atoms with Crippen molar-refractivity contribution in [2.45, 2.75) is 52.4 Å². The van der Waals surface area contributed by atoms with Crippen LogP contribution in [0, 0.1) is 5.92 Å². The van der Waals surface area contributed by atoms with Gasteiger partial charge >= 0.3 is 6.18 Å². The first-order chi connectivity index (χ1) is 18.0. The lowest BCUT2D eigenvalue weighted by molar-refractivity contribution is -0.140. The maximum Gasteiger partial charge on any atom is 0.416 e. The molecule has 2 aromatic rings. The number of alkyl halides is 3. The Morgan fingerprint density at radius 3 is 2.28 bits per heavy atom. The SMILES string of the molecule is CC(C)CNC(=O)C(C)N(Cc1ccc(Cl)cc1Cl)C(=O)CCCN(c1cccc(C(F)(F)F)c1)S(C)(=O)=O. The van der Waals surface area contributed by atoms with Gasteiger partial charge in [0.15, 0.2) is 0 Å². The Labute approximate surface area is 237 Å². The number of benzene rings is 2. The number of carbonyl (C=O) groups excluding carboxylic acids is 2. The molecule has 0 bridgehead atoms. The standard InChI is InChI=1S/C26H32Cl2F3N3O4S/c1-17(2)15-32-25(36)18(3)33(16-19-10-11-21(27)14-23(19)28)24(35)9-6-12-34(39(4,37)38)22-8-5-7-20(13-22)26(29,30)31/h5,7-8,10-11,13-14,17-18H,6,9,12,15-16H2,1-4H3,(H,32,36). The normalized spacial score (nSPS) is 12.8. The number of carbonyl (C=O) groups is 2. The van der Waals surface area contributed by atoms with Crippen LogP contribution in [0.4, 0.5) is 18.9 Å². The second-order valence-corrected chi connectivity index (χ2v) is 12.3. The Bertz CT molecular complexity index is 1270. The summed E-state index contributed by atoms with van der Waals surface area (Å²) in [6.07, 6.45) is -3.94. The van der Waals surface area contributed by atoms with E-state index in [1.54, 1.807) is 19.1 Å². The van der Waals surface area contributed by atoms with E-state index in [2.05, 4.69) is 5.32 Å². The zero-order chi connectivity index (χ0) is 29.5. The fourth-order valence-corrected chi connectivity index (χ4v) is 5.14. The molecule has 216 valence electrons. The van der Waals surface area contributed by atoms with Gasteiger partial charge in [0, 0.05) is 36.1 Å². The van der Waals surface area contributed by atoms with Crippen LogP contribution in [0.1, 0.15) is 44.7 Å². The van der Waals surface area contributed by atoms with E-state index < -0.39 is 33.7 Å². The highest BCUT2D eigenvalue weighted by Gasteiger charge is 2.32. The minimum absolute atomic E-state index is 0.00544. The monoisotopic (exact) mass is 609 g/mol. The molecule has 0 radical (unpaired) electrons. The van der Waals surface area contributed by atoms with E-state index in [0.717, 1.165) is 28.8 Å². The van der Waals surface area contributed by atoms with E-state index in [0.29, 0.717) is 22.2 Å². The largest absolute Gasteiger partial charge is 0.416 e. The molecule has 0 aromatic heterocycles. The first-order valence-electron chi connectivity index (χ1n) is 12.2. The number of nitrogens with zero attached hydrogens (tertiary/aromatic N) is 2. The highest BCUT2D eigenvalue weighted by atomic mass is 35.5. The molecule has 0 heterocycles. The maximum atomic E-state index is 13.3. The van der Waals surface area contributed by atoms with Crippen LogP contribution >= 0.6 is 23.2 Å². The fraction of sp³-hybridized carbons (Fsp3) is 0.462. The van der Waals surface area contributed by atoms with Crippen molar-refractivity contribution in [1.29, 1.82) is 0 Å². The maximum absolute atomic E-state index is 13.3. The van der Waals surface area contributed by atoms with Crippen LogP contribution in [0.15, 0.2) is 42.5 Å². The number of rotatable bonds is 12. The molecule has 0 aliphatic rings.